The zero-order valence-electron chi connectivity index (χ0n) is 22.1. The summed E-state index contributed by atoms with van der Waals surface area (Å²) in [7, 11) is -2.80. The molecular formula is C28H27F2N5O4S. The number of aromatic nitrogens is 2. The van der Waals surface area contributed by atoms with E-state index in [2.05, 4.69) is 0 Å². The Labute approximate surface area is 229 Å². The number of amides is 1. The van der Waals surface area contributed by atoms with Gasteiger partial charge in [-0.05, 0) is 66.4 Å². The normalized spacial score (nSPS) is 14.0. The molecule has 0 fully saturated rings. The van der Waals surface area contributed by atoms with Gasteiger partial charge in [-0.3, -0.25) is 14.2 Å². The molecule has 0 radical (unpaired) electrons. The Morgan fingerprint density at radius 3 is 2.52 bits per heavy atom. The number of rotatable bonds is 7. The van der Waals surface area contributed by atoms with Gasteiger partial charge in [0.05, 0.1) is 16.9 Å². The molecule has 12 heteroatoms. The van der Waals surface area contributed by atoms with Crippen LogP contribution in [0, 0.1) is 12.7 Å². The molecule has 1 atom stereocenters. The minimum Gasteiger partial charge on any atom is -0.333 e. The van der Waals surface area contributed by atoms with Crippen molar-refractivity contribution in [2.75, 3.05) is 10.8 Å². The molecule has 0 saturated heterocycles. The van der Waals surface area contributed by atoms with E-state index in [9.17, 15) is 22.4 Å². The third-order valence-corrected chi connectivity index (χ3v) is 8.03. The van der Waals surface area contributed by atoms with E-state index in [1.165, 1.54) is 35.8 Å². The van der Waals surface area contributed by atoms with Gasteiger partial charge in [-0.2, -0.15) is 0 Å². The molecule has 0 bridgehead atoms. The second-order valence-corrected chi connectivity index (χ2v) is 11.6. The lowest BCUT2D eigenvalue weighted by atomic mass is 10.0. The van der Waals surface area contributed by atoms with Gasteiger partial charge in [0.25, 0.3) is 21.5 Å². The van der Waals surface area contributed by atoms with Crippen LogP contribution in [0.25, 0.3) is 10.9 Å². The summed E-state index contributed by atoms with van der Waals surface area (Å²) in [5.74, 6) is -2.03. The molecule has 1 N–H and O–H groups in total. The summed E-state index contributed by atoms with van der Waals surface area (Å²) in [5.41, 5.74) is 2.66. The van der Waals surface area contributed by atoms with Crippen molar-refractivity contribution >= 4 is 32.8 Å². The van der Waals surface area contributed by atoms with Crippen LogP contribution in [0.3, 0.4) is 0 Å². The van der Waals surface area contributed by atoms with Gasteiger partial charge >= 0.3 is 0 Å². The average Bonchev–Trinajstić information content (AvgIpc) is 3.33. The molecule has 9 nitrogen and oxygen atoms in total. The minimum atomic E-state index is -4.39. The third-order valence-electron chi connectivity index (χ3n) is 6.95. The quantitative estimate of drug-likeness (QED) is 0.338. The summed E-state index contributed by atoms with van der Waals surface area (Å²) in [6.45, 7) is 3.95. The van der Waals surface area contributed by atoms with E-state index in [1.807, 2.05) is 9.62 Å². The van der Waals surface area contributed by atoms with Crippen LogP contribution in [0.15, 0.2) is 65.5 Å². The van der Waals surface area contributed by atoms with E-state index in [1.54, 1.807) is 50.4 Å². The van der Waals surface area contributed by atoms with Crippen molar-refractivity contribution in [3.8, 4) is 0 Å². The lowest BCUT2D eigenvalue weighted by molar-refractivity contribution is 0.00542. The molecule has 0 unspecified atom stereocenters. The predicted octanol–water partition coefficient (Wildman–Crippen LogP) is 3.87. The topological polar surface area (TPSA) is 105 Å². The standard InChI is InChI=1S/C28H27F2N5O4S/c1-17-11-23(18(2)35(30)16-40(38,39)32-26(36)19-7-5-4-6-8-19)25-24(12-17)27(37)33(3)28(31-25)34-14-20-9-10-22(29)13-21(20)15-34/h4-13,18H,14-16H2,1-3H3,(H,32,36)/t18-/m1/s1. The van der Waals surface area contributed by atoms with Gasteiger partial charge in [0.2, 0.25) is 5.95 Å². The summed E-state index contributed by atoms with van der Waals surface area (Å²) in [4.78, 5) is 32.3. The Morgan fingerprint density at radius 2 is 1.80 bits per heavy atom. The molecule has 0 aliphatic carbocycles. The van der Waals surface area contributed by atoms with Crippen LogP contribution in [0.1, 0.15) is 45.6 Å². The maximum absolute atomic E-state index is 15.4. The van der Waals surface area contributed by atoms with Crippen molar-refractivity contribution in [3.63, 3.8) is 0 Å². The number of fused-ring (bicyclic) bond motifs is 2. The first-order valence-electron chi connectivity index (χ1n) is 12.5. The number of halogens is 2. The molecule has 40 heavy (non-hydrogen) atoms. The Bertz CT molecular complexity index is 1790. The summed E-state index contributed by atoms with van der Waals surface area (Å²) >= 11 is 0. The molecule has 1 aliphatic heterocycles. The Hall–Kier alpha value is -4.16. The molecule has 208 valence electrons. The molecule has 5 rings (SSSR count). The largest absolute Gasteiger partial charge is 0.333 e. The van der Waals surface area contributed by atoms with Crippen LogP contribution in [0.5, 0.6) is 0 Å². The number of aryl methyl sites for hydroxylation is 1. The van der Waals surface area contributed by atoms with Gasteiger partial charge in [0.1, 0.15) is 5.82 Å². The fraction of sp³-hybridized carbons (Fsp3) is 0.250. The third kappa shape index (κ3) is 5.32. The Balaban J connectivity index is 1.46. The van der Waals surface area contributed by atoms with Crippen molar-refractivity contribution in [2.24, 2.45) is 7.05 Å². The predicted molar refractivity (Wildman–Crippen MR) is 147 cm³/mol. The van der Waals surface area contributed by atoms with Crippen LogP contribution in [0.4, 0.5) is 14.8 Å². The number of carbonyl (C=O) groups excluding carboxylic acids is 1. The highest BCUT2D eigenvalue weighted by atomic mass is 32.2. The maximum Gasteiger partial charge on any atom is 0.264 e. The molecule has 0 spiro atoms. The molecule has 2 heterocycles. The van der Waals surface area contributed by atoms with Gasteiger partial charge in [0.15, 0.2) is 5.88 Å². The molecule has 1 amide bonds. The fourth-order valence-corrected chi connectivity index (χ4v) is 5.91. The second kappa shape index (κ2) is 10.4. The second-order valence-electron chi connectivity index (χ2n) is 9.91. The van der Waals surface area contributed by atoms with Crippen molar-refractivity contribution in [1.29, 1.82) is 0 Å². The number of hydrogen-bond donors (Lipinski definition) is 1. The highest BCUT2D eigenvalue weighted by Gasteiger charge is 2.29. The van der Waals surface area contributed by atoms with Crippen LogP contribution in [-0.4, -0.2) is 34.9 Å². The molecule has 3 aromatic carbocycles. The van der Waals surface area contributed by atoms with E-state index >= 15 is 4.48 Å². The van der Waals surface area contributed by atoms with E-state index < -0.39 is 27.8 Å². The molecule has 0 saturated carbocycles. The highest BCUT2D eigenvalue weighted by molar-refractivity contribution is 7.90. The highest BCUT2D eigenvalue weighted by Crippen LogP contribution is 2.32. The summed E-state index contributed by atoms with van der Waals surface area (Å²) in [6, 6.07) is 14.4. The average molecular weight is 568 g/mol. The smallest absolute Gasteiger partial charge is 0.264 e. The van der Waals surface area contributed by atoms with E-state index in [0.717, 1.165) is 11.1 Å². The van der Waals surface area contributed by atoms with Crippen LogP contribution in [-0.2, 0) is 30.2 Å². The lowest BCUT2D eigenvalue weighted by Crippen LogP contribution is -2.38. The maximum atomic E-state index is 15.4. The first-order valence-corrected chi connectivity index (χ1v) is 14.1. The zero-order chi connectivity index (χ0) is 28.8. The number of sulfonamides is 1. The number of nitrogens with zero attached hydrogens (tertiary/aromatic N) is 4. The van der Waals surface area contributed by atoms with Crippen molar-refractivity contribution in [2.45, 2.75) is 33.0 Å². The van der Waals surface area contributed by atoms with Crippen molar-refractivity contribution in [1.82, 2.24) is 19.4 Å². The van der Waals surface area contributed by atoms with Crippen LogP contribution in [0.2, 0.25) is 0 Å². The lowest BCUT2D eigenvalue weighted by Gasteiger charge is -2.24. The van der Waals surface area contributed by atoms with E-state index in [4.69, 9.17) is 4.98 Å². The van der Waals surface area contributed by atoms with Crippen LogP contribution < -0.4 is 15.2 Å². The number of nitrogens with one attached hydrogen (secondary N) is 1. The van der Waals surface area contributed by atoms with Crippen LogP contribution >= 0.6 is 0 Å². The van der Waals surface area contributed by atoms with Gasteiger partial charge in [-0.1, -0.05) is 30.3 Å². The summed E-state index contributed by atoms with van der Waals surface area (Å²) in [6.07, 6.45) is 0. The van der Waals surface area contributed by atoms with E-state index in [0.29, 0.717) is 30.2 Å². The zero-order valence-corrected chi connectivity index (χ0v) is 22.9. The first kappa shape index (κ1) is 27.4. The number of anilines is 1. The molecule has 4 aromatic rings. The van der Waals surface area contributed by atoms with Gasteiger partial charge in [-0.25, -0.2) is 22.5 Å². The number of carbonyl (C=O) groups is 1. The Morgan fingerprint density at radius 1 is 1.10 bits per heavy atom. The molecule has 1 aromatic heterocycles. The summed E-state index contributed by atoms with van der Waals surface area (Å²) in [5, 5.41) is 0.340. The SMILES string of the molecule is Cc1cc([C@@H](C)N(F)CS(=O)(=O)NC(=O)c2ccccc2)c2nc(N3Cc4ccc(F)cc4C3)n(C)c(=O)c2c1. The van der Waals surface area contributed by atoms with Crippen molar-refractivity contribution in [3.05, 3.63) is 105 Å². The van der Waals surface area contributed by atoms with Gasteiger partial charge in [-0.15, -0.1) is 9.60 Å². The fourth-order valence-electron chi connectivity index (χ4n) is 4.89. The van der Waals surface area contributed by atoms with E-state index in [-0.39, 0.29) is 33.0 Å². The number of benzene rings is 3. The molecular weight excluding hydrogens is 540 g/mol. The summed E-state index contributed by atoms with van der Waals surface area (Å²) < 4.78 is 57.8. The Kier molecular flexibility index (Phi) is 7.15. The molecule has 1 aliphatic rings. The van der Waals surface area contributed by atoms with Gasteiger partial charge < -0.3 is 4.90 Å². The van der Waals surface area contributed by atoms with Gasteiger partial charge in [0, 0.05) is 25.7 Å². The first-order chi connectivity index (χ1) is 18.9. The minimum absolute atomic E-state index is 0.0854. The number of hydrogen-bond acceptors (Lipinski definition) is 7. The van der Waals surface area contributed by atoms with Crippen molar-refractivity contribution < 1.29 is 22.1 Å². The monoisotopic (exact) mass is 567 g/mol.